The summed E-state index contributed by atoms with van der Waals surface area (Å²) in [6, 6.07) is 7.66. The number of ether oxygens (including phenoxy) is 1. The van der Waals surface area contributed by atoms with Gasteiger partial charge in [-0.15, -0.1) is 0 Å². The maximum absolute atomic E-state index is 13.6. The molecule has 2 aromatic rings. The number of halogens is 1. The fraction of sp³-hybridized carbons (Fsp3) is 0.391. The van der Waals surface area contributed by atoms with Crippen LogP contribution in [0.15, 0.2) is 42.7 Å². The summed E-state index contributed by atoms with van der Waals surface area (Å²) in [4.78, 5) is 16.2. The zero-order valence-electron chi connectivity index (χ0n) is 15.5. The van der Waals surface area contributed by atoms with Crippen molar-refractivity contribution in [3.63, 3.8) is 0 Å². The average Bonchev–Trinajstić information content (AvgIpc) is 3.32. The van der Waals surface area contributed by atoms with Crippen LogP contribution in [0.1, 0.15) is 60.9 Å². The number of alkyl carbamates (subject to hydrolysis) is 1. The topological polar surface area (TPSA) is 51.2 Å². The van der Waals surface area contributed by atoms with E-state index >= 15 is 0 Å². The van der Waals surface area contributed by atoms with Gasteiger partial charge in [0.25, 0.3) is 0 Å². The van der Waals surface area contributed by atoms with Crippen molar-refractivity contribution in [3.05, 3.63) is 65.2 Å². The highest BCUT2D eigenvalue weighted by Gasteiger charge is 2.53. The lowest BCUT2D eigenvalue weighted by Gasteiger charge is -2.17. The van der Waals surface area contributed by atoms with E-state index in [9.17, 15) is 9.18 Å². The molecule has 1 saturated heterocycles. The van der Waals surface area contributed by atoms with Gasteiger partial charge < -0.3 is 10.1 Å². The number of rotatable bonds is 2. The molecule has 5 rings (SSSR count). The molecule has 1 aromatic heterocycles. The normalized spacial score (nSPS) is 30.5. The van der Waals surface area contributed by atoms with Gasteiger partial charge >= 0.3 is 6.09 Å². The molecule has 142 valence electrons. The standard InChI is InChI=1S/C23H21FN2O2/c24-19-6-3-4-16(11-19)21-20(26-22(27)28-21)17-10-15(13-25-14-17)7-9-23-8-2-1-5-18(23)12-23/h3-4,6,10-11,13-14,18,20-21H,1-2,5,8,12H2,(H,26,27)/t18?,20-,21-,23?/m1/s1. The van der Waals surface area contributed by atoms with E-state index in [2.05, 4.69) is 22.1 Å². The van der Waals surface area contributed by atoms with Crippen molar-refractivity contribution in [2.45, 2.75) is 44.2 Å². The number of amides is 1. The van der Waals surface area contributed by atoms with Gasteiger partial charge in [0, 0.05) is 23.4 Å². The molecule has 1 aromatic carbocycles. The van der Waals surface area contributed by atoms with E-state index in [1.165, 1.54) is 44.2 Å². The first-order valence-electron chi connectivity index (χ1n) is 9.84. The summed E-state index contributed by atoms with van der Waals surface area (Å²) < 4.78 is 19.0. The van der Waals surface area contributed by atoms with E-state index in [0.717, 1.165) is 17.0 Å². The van der Waals surface area contributed by atoms with E-state index in [4.69, 9.17) is 4.74 Å². The van der Waals surface area contributed by atoms with Crippen LogP contribution in [0.3, 0.4) is 0 Å². The zero-order valence-corrected chi connectivity index (χ0v) is 15.5. The second-order valence-electron chi connectivity index (χ2n) is 8.06. The highest BCUT2D eigenvalue weighted by molar-refractivity contribution is 5.71. The lowest BCUT2D eigenvalue weighted by atomic mass is 9.89. The number of pyridine rings is 1. The third-order valence-electron chi connectivity index (χ3n) is 6.22. The number of carbonyl (C=O) groups is 1. The predicted octanol–water partition coefficient (Wildman–Crippen LogP) is 4.67. The predicted molar refractivity (Wildman–Crippen MR) is 102 cm³/mol. The van der Waals surface area contributed by atoms with Crippen molar-refractivity contribution >= 4 is 6.09 Å². The van der Waals surface area contributed by atoms with E-state index in [-0.39, 0.29) is 11.2 Å². The molecule has 4 atom stereocenters. The first-order valence-corrected chi connectivity index (χ1v) is 9.84. The Hall–Kier alpha value is -2.87. The molecule has 2 saturated carbocycles. The molecule has 1 amide bonds. The van der Waals surface area contributed by atoms with Gasteiger partial charge in [0.2, 0.25) is 0 Å². The third kappa shape index (κ3) is 3.13. The van der Waals surface area contributed by atoms with Gasteiger partial charge in [-0.1, -0.05) is 36.8 Å². The number of hydrogen-bond acceptors (Lipinski definition) is 3. The second kappa shape index (κ2) is 6.63. The van der Waals surface area contributed by atoms with E-state index < -0.39 is 18.2 Å². The number of benzene rings is 1. The molecule has 0 bridgehead atoms. The third-order valence-corrected chi connectivity index (χ3v) is 6.22. The van der Waals surface area contributed by atoms with Gasteiger partial charge in [0.1, 0.15) is 11.9 Å². The quantitative estimate of drug-likeness (QED) is 0.775. The van der Waals surface area contributed by atoms with Gasteiger partial charge in [-0.3, -0.25) is 4.98 Å². The van der Waals surface area contributed by atoms with Crippen LogP contribution in [0.5, 0.6) is 0 Å². The molecule has 2 heterocycles. The highest BCUT2D eigenvalue weighted by atomic mass is 19.1. The summed E-state index contributed by atoms with van der Waals surface area (Å²) in [5.74, 6) is 7.23. The second-order valence-corrected chi connectivity index (χ2v) is 8.06. The summed E-state index contributed by atoms with van der Waals surface area (Å²) in [5, 5.41) is 2.81. The molecule has 0 spiro atoms. The number of fused-ring (bicyclic) bond motifs is 1. The molecule has 2 aliphatic carbocycles. The molecule has 1 aliphatic heterocycles. The minimum absolute atomic E-state index is 0.225. The Morgan fingerprint density at radius 1 is 1.21 bits per heavy atom. The number of carbonyl (C=O) groups excluding carboxylic acids is 1. The molecule has 4 nitrogen and oxygen atoms in total. The Bertz CT molecular complexity index is 995. The number of aromatic nitrogens is 1. The minimum atomic E-state index is -0.599. The summed E-state index contributed by atoms with van der Waals surface area (Å²) in [6.45, 7) is 0. The monoisotopic (exact) mass is 376 g/mol. The Morgan fingerprint density at radius 3 is 3.00 bits per heavy atom. The van der Waals surface area contributed by atoms with E-state index in [1.807, 2.05) is 6.07 Å². The molecule has 1 N–H and O–H groups in total. The Morgan fingerprint density at radius 2 is 2.14 bits per heavy atom. The number of nitrogens with one attached hydrogen (secondary N) is 1. The fourth-order valence-corrected chi connectivity index (χ4v) is 4.63. The Kier molecular flexibility index (Phi) is 4.08. The lowest BCUT2D eigenvalue weighted by molar-refractivity contribution is 0.132. The molecule has 28 heavy (non-hydrogen) atoms. The van der Waals surface area contributed by atoms with Crippen LogP contribution in [0.2, 0.25) is 0 Å². The van der Waals surface area contributed by atoms with Gasteiger partial charge in [-0.05, 0) is 54.5 Å². The molecular formula is C23H21FN2O2. The van der Waals surface area contributed by atoms with Crippen LogP contribution in [0.25, 0.3) is 0 Å². The van der Waals surface area contributed by atoms with Crippen LogP contribution in [0, 0.1) is 29.0 Å². The highest BCUT2D eigenvalue weighted by Crippen LogP contribution is 2.60. The molecule has 0 radical (unpaired) electrons. The lowest BCUT2D eigenvalue weighted by Crippen LogP contribution is -2.19. The maximum atomic E-state index is 13.6. The summed E-state index contributed by atoms with van der Waals surface area (Å²) in [5.41, 5.74) is 2.48. The van der Waals surface area contributed by atoms with Crippen molar-refractivity contribution in [1.29, 1.82) is 0 Å². The van der Waals surface area contributed by atoms with Crippen LogP contribution in [0.4, 0.5) is 9.18 Å². The summed E-state index contributed by atoms with van der Waals surface area (Å²) in [7, 11) is 0. The summed E-state index contributed by atoms with van der Waals surface area (Å²) >= 11 is 0. The van der Waals surface area contributed by atoms with Crippen LogP contribution < -0.4 is 5.32 Å². The summed E-state index contributed by atoms with van der Waals surface area (Å²) in [6.07, 6.45) is 8.66. The van der Waals surface area contributed by atoms with Gasteiger partial charge in [-0.2, -0.15) is 0 Å². The van der Waals surface area contributed by atoms with Crippen LogP contribution >= 0.6 is 0 Å². The smallest absolute Gasteiger partial charge is 0.408 e. The van der Waals surface area contributed by atoms with E-state index in [0.29, 0.717) is 5.56 Å². The molecule has 5 heteroatoms. The molecule has 2 unspecified atom stereocenters. The van der Waals surface area contributed by atoms with Crippen molar-refractivity contribution in [1.82, 2.24) is 10.3 Å². The first-order chi connectivity index (χ1) is 13.6. The number of nitrogens with zero attached hydrogens (tertiary/aromatic N) is 1. The largest absolute Gasteiger partial charge is 0.439 e. The van der Waals surface area contributed by atoms with Crippen molar-refractivity contribution < 1.29 is 13.9 Å². The van der Waals surface area contributed by atoms with Gasteiger partial charge in [0.05, 0.1) is 0 Å². The molecule has 3 aliphatic rings. The fourth-order valence-electron chi connectivity index (χ4n) is 4.63. The first kappa shape index (κ1) is 17.2. The molecular weight excluding hydrogens is 355 g/mol. The number of hydrogen-bond donors (Lipinski definition) is 1. The van der Waals surface area contributed by atoms with Crippen molar-refractivity contribution in [3.8, 4) is 11.8 Å². The Labute approximate surface area is 163 Å². The average molecular weight is 376 g/mol. The van der Waals surface area contributed by atoms with Crippen LogP contribution in [-0.2, 0) is 4.74 Å². The SMILES string of the molecule is O=C1N[C@H](c2cncc(C#CC34CCCCC3C4)c2)[C@@H](c2cccc(F)c2)O1. The Balaban J connectivity index is 1.42. The maximum Gasteiger partial charge on any atom is 0.408 e. The van der Waals surface area contributed by atoms with Gasteiger partial charge in [-0.25, -0.2) is 9.18 Å². The van der Waals surface area contributed by atoms with Gasteiger partial charge in [0.15, 0.2) is 6.10 Å². The number of cyclic esters (lactones) is 1. The zero-order chi connectivity index (χ0) is 19.1. The molecule has 3 fully saturated rings. The minimum Gasteiger partial charge on any atom is -0.439 e. The van der Waals surface area contributed by atoms with E-state index in [1.54, 1.807) is 24.5 Å². The van der Waals surface area contributed by atoms with Crippen LogP contribution in [-0.4, -0.2) is 11.1 Å². The van der Waals surface area contributed by atoms with Crippen molar-refractivity contribution in [2.24, 2.45) is 11.3 Å². The van der Waals surface area contributed by atoms with Crippen molar-refractivity contribution in [2.75, 3.05) is 0 Å².